The van der Waals surface area contributed by atoms with Crippen molar-refractivity contribution in [3.05, 3.63) is 52.6 Å². The molecule has 1 aromatic carbocycles. The van der Waals surface area contributed by atoms with E-state index in [0.717, 1.165) is 32.8 Å². The maximum absolute atomic E-state index is 5.85. The van der Waals surface area contributed by atoms with Crippen molar-refractivity contribution in [2.75, 3.05) is 0 Å². The van der Waals surface area contributed by atoms with Gasteiger partial charge in [0.2, 0.25) is 0 Å². The van der Waals surface area contributed by atoms with Crippen LogP contribution >= 0.6 is 23.4 Å². The van der Waals surface area contributed by atoms with Gasteiger partial charge in [0, 0.05) is 33.4 Å². The van der Waals surface area contributed by atoms with E-state index in [4.69, 9.17) is 17.3 Å². The first-order valence-electron chi connectivity index (χ1n) is 6.02. The second kappa shape index (κ2) is 6.37. The summed E-state index contributed by atoms with van der Waals surface area (Å²) in [5, 5.41) is 0.748. The molecule has 3 nitrogen and oxygen atoms in total. The number of hydrogen-bond acceptors (Lipinski definition) is 4. The van der Waals surface area contributed by atoms with E-state index >= 15 is 0 Å². The number of rotatable bonds is 4. The number of halogens is 1. The third-order valence-electron chi connectivity index (χ3n) is 2.74. The predicted octanol–water partition coefficient (Wildman–Crippen LogP) is 3.75. The van der Waals surface area contributed by atoms with Gasteiger partial charge in [-0.2, -0.15) is 0 Å². The lowest BCUT2D eigenvalue weighted by Gasteiger charge is -2.09. The molecule has 0 spiro atoms. The minimum absolute atomic E-state index is 0.0297. The van der Waals surface area contributed by atoms with Crippen LogP contribution in [-0.2, 0) is 5.75 Å². The fourth-order valence-corrected chi connectivity index (χ4v) is 2.61. The van der Waals surface area contributed by atoms with E-state index in [2.05, 4.69) is 9.97 Å². The molecule has 0 bridgehead atoms. The zero-order chi connectivity index (χ0) is 13.8. The molecule has 2 rings (SSSR count). The molecule has 0 saturated carbocycles. The maximum Gasteiger partial charge on any atom is 0.138 e. The summed E-state index contributed by atoms with van der Waals surface area (Å²) < 4.78 is 0. The van der Waals surface area contributed by atoms with Crippen LogP contribution in [0.4, 0.5) is 0 Å². The summed E-state index contributed by atoms with van der Waals surface area (Å²) in [6.07, 6.45) is 1.82. The SMILES string of the molecule is Cc1nc(CSc2ccc(Cl)cc2)ncc1[C@H](C)N. The van der Waals surface area contributed by atoms with Crippen LogP contribution in [0.5, 0.6) is 0 Å². The van der Waals surface area contributed by atoms with E-state index in [1.54, 1.807) is 11.8 Å². The lowest BCUT2D eigenvalue weighted by molar-refractivity contribution is 0.781. The molecule has 2 aromatic rings. The summed E-state index contributed by atoms with van der Waals surface area (Å²) in [6, 6.07) is 7.73. The van der Waals surface area contributed by atoms with E-state index in [9.17, 15) is 0 Å². The van der Waals surface area contributed by atoms with Gasteiger partial charge in [-0.25, -0.2) is 9.97 Å². The number of benzene rings is 1. The fraction of sp³-hybridized carbons (Fsp3) is 0.286. The first-order chi connectivity index (χ1) is 9.06. The lowest BCUT2D eigenvalue weighted by Crippen LogP contribution is -2.10. The molecule has 0 aliphatic heterocycles. The van der Waals surface area contributed by atoms with E-state index in [1.807, 2.05) is 44.3 Å². The third kappa shape index (κ3) is 3.93. The molecule has 1 heterocycles. The average molecular weight is 294 g/mol. The molecule has 100 valence electrons. The Kier molecular flexibility index (Phi) is 4.80. The van der Waals surface area contributed by atoms with Gasteiger partial charge in [-0.3, -0.25) is 0 Å². The summed E-state index contributed by atoms with van der Waals surface area (Å²) in [6.45, 7) is 3.91. The zero-order valence-electron chi connectivity index (χ0n) is 10.9. The lowest BCUT2D eigenvalue weighted by atomic mass is 10.1. The van der Waals surface area contributed by atoms with Crippen molar-refractivity contribution in [3.63, 3.8) is 0 Å². The fourth-order valence-electron chi connectivity index (χ4n) is 1.72. The molecular formula is C14H16ClN3S. The van der Waals surface area contributed by atoms with Gasteiger partial charge in [0.15, 0.2) is 0 Å². The van der Waals surface area contributed by atoms with Crippen LogP contribution in [0.1, 0.15) is 30.0 Å². The highest BCUT2D eigenvalue weighted by Gasteiger charge is 2.07. The Morgan fingerprint density at radius 2 is 2.00 bits per heavy atom. The summed E-state index contributed by atoms with van der Waals surface area (Å²) in [5.41, 5.74) is 7.80. The summed E-state index contributed by atoms with van der Waals surface area (Å²) >= 11 is 7.54. The number of nitrogens with zero attached hydrogens (tertiary/aromatic N) is 2. The average Bonchev–Trinajstić information content (AvgIpc) is 2.37. The van der Waals surface area contributed by atoms with Crippen molar-refractivity contribution < 1.29 is 0 Å². The Labute approximate surface area is 122 Å². The zero-order valence-corrected chi connectivity index (χ0v) is 12.5. The Bertz CT molecular complexity index is 555. The van der Waals surface area contributed by atoms with Gasteiger partial charge in [0.25, 0.3) is 0 Å². The normalized spacial score (nSPS) is 12.4. The third-order valence-corrected chi connectivity index (χ3v) is 4.00. The summed E-state index contributed by atoms with van der Waals surface area (Å²) in [4.78, 5) is 10.00. The van der Waals surface area contributed by atoms with Gasteiger partial charge in [0.05, 0.1) is 5.75 Å². The van der Waals surface area contributed by atoms with Gasteiger partial charge >= 0.3 is 0 Å². The van der Waals surface area contributed by atoms with Crippen molar-refractivity contribution in [1.82, 2.24) is 9.97 Å². The van der Waals surface area contributed by atoms with E-state index < -0.39 is 0 Å². The molecule has 1 aromatic heterocycles. The van der Waals surface area contributed by atoms with Gasteiger partial charge in [-0.1, -0.05) is 11.6 Å². The predicted molar refractivity (Wildman–Crippen MR) is 80.4 cm³/mol. The molecule has 0 radical (unpaired) electrons. The van der Waals surface area contributed by atoms with Crippen LogP contribution in [0.25, 0.3) is 0 Å². The quantitative estimate of drug-likeness (QED) is 0.872. The van der Waals surface area contributed by atoms with Crippen LogP contribution in [0.15, 0.2) is 35.4 Å². The highest BCUT2D eigenvalue weighted by atomic mass is 35.5. The minimum atomic E-state index is -0.0297. The first-order valence-corrected chi connectivity index (χ1v) is 7.39. The number of hydrogen-bond donors (Lipinski definition) is 1. The van der Waals surface area contributed by atoms with Gasteiger partial charge < -0.3 is 5.73 Å². The molecule has 0 saturated heterocycles. The first kappa shape index (κ1) is 14.3. The van der Waals surface area contributed by atoms with Crippen molar-refractivity contribution in [2.24, 2.45) is 5.73 Å². The van der Waals surface area contributed by atoms with Gasteiger partial charge in [0.1, 0.15) is 5.82 Å². The number of nitrogens with two attached hydrogens (primary N) is 1. The Hall–Kier alpha value is -1.10. The summed E-state index contributed by atoms with van der Waals surface area (Å²) in [5.74, 6) is 1.56. The molecule has 0 amide bonds. The van der Waals surface area contributed by atoms with Crippen LogP contribution in [0, 0.1) is 6.92 Å². The molecule has 0 unspecified atom stereocenters. The number of aromatic nitrogens is 2. The van der Waals surface area contributed by atoms with Crippen LogP contribution in [-0.4, -0.2) is 9.97 Å². The van der Waals surface area contributed by atoms with Crippen molar-refractivity contribution in [2.45, 2.75) is 30.5 Å². The van der Waals surface area contributed by atoms with E-state index in [1.165, 1.54) is 0 Å². The van der Waals surface area contributed by atoms with Crippen LogP contribution in [0.3, 0.4) is 0 Å². The smallest absolute Gasteiger partial charge is 0.138 e. The summed E-state index contributed by atoms with van der Waals surface area (Å²) in [7, 11) is 0. The van der Waals surface area contributed by atoms with Crippen molar-refractivity contribution in [1.29, 1.82) is 0 Å². The topological polar surface area (TPSA) is 51.8 Å². The second-order valence-corrected chi connectivity index (χ2v) is 5.84. The molecule has 5 heteroatoms. The van der Waals surface area contributed by atoms with Crippen molar-refractivity contribution in [3.8, 4) is 0 Å². The van der Waals surface area contributed by atoms with Crippen LogP contribution in [0.2, 0.25) is 5.02 Å². The molecule has 2 N–H and O–H groups in total. The van der Waals surface area contributed by atoms with Gasteiger partial charge in [-0.05, 0) is 38.1 Å². The highest BCUT2D eigenvalue weighted by Crippen LogP contribution is 2.23. The highest BCUT2D eigenvalue weighted by molar-refractivity contribution is 7.98. The van der Waals surface area contributed by atoms with E-state index in [0.29, 0.717) is 0 Å². The Morgan fingerprint density at radius 1 is 1.32 bits per heavy atom. The molecule has 0 aliphatic carbocycles. The molecular weight excluding hydrogens is 278 g/mol. The standard InChI is InChI=1S/C14H16ClN3S/c1-9(16)13-7-17-14(18-10(13)2)8-19-12-5-3-11(15)4-6-12/h3-7,9H,8,16H2,1-2H3/t9-/m0/s1. The molecule has 0 aliphatic rings. The number of aryl methyl sites for hydroxylation is 1. The molecule has 1 atom stereocenters. The largest absolute Gasteiger partial charge is 0.324 e. The van der Waals surface area contributed by atoms with E-state index in [-0.39, 0.29) is 6.04 Å². The monoisotopic (exact) mass is 293 g/mol. The minimum Gasteiger partial charge on any atom is -0.324 e. The second-order valence-electron chi connectivity index (χ2n) is 4.36. The molecule has 0 fully saturated rings. The number of thioether (sulfide) groups is 1. The van der Waals surface area contributed by atoms with Crippen molar-refractivity contribution >= 4 is 23.4 Å². The molecule has 19 heavy (non-hydrogen) atoms. The Balaban J connectivity index is 2.04. The Morgan fingerprint density at radius 3 is 2.58 bits per heavy atom. The van der Waals surface area contributed by atoms with Gasteiger partial charge in [-0.15, -0.1) is 11.8 Å². The van der Waals surface area contributed by atoms with Crippen LogP contribution < -0.4 is 5.73 Å². The maximum atomic E-state index is 5.85.